The second-order valence-corrected chi connectivity index (χ2v) is 4.63. The molecule has 1 aromatic carbocycles. The molecule has 86 valence electrons. The van der Waals surface area contributed by atoms with Gasteiger partial charge in [-0.3, -0.25) is 10.2 Å². The monoisotopic (exact) mass is 218 g/mol. The van der Waals surface area contributed by atoms with Gasteiger partial charge in [-0.05, 0) is 25.3 Å². The summed E-state index contributed by atoms with van der Waals surface area (Å²) >= 11 is 0. The van der Waals surface area contributed by atoms with Gasteiger partial charge in [0, 0.05) is 0 Å². The standard InChI is InChI=1S/C13H18N2O/c1-10-5-4-6-11(9-10)13(12(16)15-14)7-2-3-8-13/h4-6,9H,2-3,7-8,14H2,1H3,(H,15,16). The Kier molecular flexibility index (Phi) is 2.97. The van der Waals surface area contributed by atoms with Crippen molar-refractivity contribution in [2.24, 2.45) is 5.84 Å². The maximum absolute atomic E-state index is 12.0. The largest absolute Gasteiger partial charge is 0.293 e. The van der Waals surface area contributed by atoms with Crippen LogP contribution in [0.3, 0.4) is 0 Å². The molecule has 3 N–H and O–H groups in total. The Balaban J connectivity index is 2.43. The summed E-state index contributed by atoms with van der Waals surface area (Å²) in [6, 6.07) is 8.19. The van der Waals surface area contributed by atoms with E-state index >= 15 is 0 Å². The van der Waals surface area contributed by atoms with Gasteiger partial charge in [-0.1, -0.05) is 42.7 Å². The molecule has 1 amide bonds. The molecular weight excluding hydrogens is 200 g/mol. The number of carbonyl (C=O) groups excluding carboxylic acids is 1. The van der Waals surface area contributed by atoms with E-state index in [-0.39, 0.29) is 11.3 Å². The van der Waals surface area contributed by atoms with Crippen LogP contribution >= 0.6 is 0 Å². The van der Waals surface area contributed by atoms with Crippen LogP contribution in [0.1, 0.15) is 36.8 Å². The van der Waals surface area contributed by atoms with E-state index in [1.807, 2.05) is 25.1 Å². The van der Waals surface area contributed by atoms with Gasteiger partial charge in [0.05, 0.1) is 5.41 Å². The molecule has 3 nitrogen and oxygen atoms in total. The second kappa shape index (κ2) is 4.26. The fourth-order valence-electron chi connectivity index (χ4n) is 2.71. The van der Waals surface area contributed by atoms with Gasteiger partial charge < -0.3 is 0 Å². The Labute approximate surface area is 96.0 Å². The average Bonchev–Trinajstić information content (AvgIpc) is 2.78. The second-order valence-electron chi connectivity index (χ2n) is 4.63. The Morgan fingerprint density at radius 3 is 2.62 bits per heavy atom. The van der Waals surface area contributed by atoms with Crippen molar-refractivity contribution in [1.82, 2.24) is 5.43 Å². The number of aryl methyl sites for hydroxylation is 1. The van der Waals surface area contributed by atoms with E-state index in [1.165, 1.54) is 5.56 Å². The molecule has 1 saturated carbocycles. The molecule has 1 fully saturated rings. The molecule has 0 atom stereocenters. The molecule has 0 saturated heterocycles. The first-order chi connectivity index (χ1) is 7.69. The molecule has 16 heavy (non-hydrogen) atoms. The zero-order chi connectivity index (χ0) is 11.6. The Bertz CT molecular complexity index is 395. The van der Waals surface area contributed by atoms with Gasteiger partial charge in [0.15, 0.2) is 0 Å². The van der Waals surface area contributed by atoms with E-state index in [2.05, 4.69) is 11.5 Å². The lowest BCUT2D eigenvalue weighted by Gasteiger charge is -2.27. The van der Waals surface area contributed by atoms with Gasteiger partial charge in [-0.25, -0.2) is 5.84 Å². The predicted molar refractivity (Wildman–Crippen MR) is 63.7 cm³/mol. The van der Waals surface area contributed by atoms with Crippen LogP contribution in [0.4, 0.5) is 0 Å². The Morgan fingerprint density at radius 2 is 2.06 bits per heavy atom. The molecule has 0 aromatic heterocycles. The van der Waals surface area contributed by atoms with Gasteiger partial charge in [0.25, 0.3) is 0 Å². The first-order valence-corrected chi connectivity index (χ1v) is 5.77. The van der Waals surface area contributed by atoms with Crippen molar-refractivity contribution in [2.45, 2.75) is 38.0 Å². The fourth-order valence-corrected chi connectivity index (χ4v) is 2.71. The van der Waals surface area contributed by atoms with Crippen LogP contribution in [0.2, 0.25) is 0 Å². The number of amides is 1. The summed E-state index contributed by atoms with van der Waals surface area (Å²) in [5, 5.41) is 0. The highest BCUT2D eigenvalue weighted by molar-refractivity contribution is 5.88. The molecule has 0 spiro atoms. The van der Waals surface area contributed by atoms with E-state index in [1.54, 1.807) is 0 Å². The minimum Gasteiger partial charge on any atom is -0.293 e. The molecule has 1 aliphatic carbocycles. The van der Waals surface area contributed by atoms with E-state index in [0.29, 0.717) is 0 Å². The molecule has 0 radical (unpaired) electrons. The average molecular weight is 218 g/mol. The van der Waals surface area contributed by atoms with Crippen LogP contribution in [0.5, 0.6) is 0 Å². The lowest BCUT2D eigenvalue weighted by Crippen LogP contribution is -2.45. The van der Waals surface area contributed by atoms with Crippen LogP contribution in [0.15, 0.2) is 24.3 Å². The van der Waals surface area contributed by atoms with Crippen molar-refractivity contribution in [3.8, 4) is 0 Å². The van der Waals surface area contributed by atoms with E-state index < -0.39 is 0 Å². The minimum absolute atomic E-state index is 0.0457. The highest BCUT2D eigenvalue weighted by Gasteiger charge is 2.42. The van der Waals surface area contributed by atoms with Crippen molar-refractivity contribution in [3.63, 3.8) is 0 Å². The van der Waals surface area contributed by atoms with Gasteiger partial charge in [0.2, 0.25) is 5.91 Å². The van der Waals surface area contributed by atoms with Crippen LogP contribution in [-0.4, -0.2) is 5.91 Å². The van der Waals surface area contributed by atoms with Gasteiger partial charge in [-0.15, -0.1) is 0 Å². The Morgan fingerprint density at radius 1 is 1.38 bits per heavy atom. The van der Waals surface area contributed by atoms with E-state index in [4.69, 9.17) is 5.84 Å². The molecule has 0 heterocycles. The molecule has 0 unspecified atom stereocenters. The first-order valence-electron chi connectivity index (χ1n) is 5.77. The number of hydrazine groups is 1. The number of rotatable bonds is 2. The van der Waals surface area contributed by atoms with Crippen molar-refractivity contribution in [3.05, 3.63) is 35.4 Å². The van der Waals surface area contributed by atoms with E-state index in [0.717, 1.165) is 31.2 Å². The number of hydrogen-bond donors (Lipinski definition) is 2. The molecular formula is C13H18N2O. The van der Waals surface area contributed by atoms with Crippen molar-refractivity contribution < 1.29 is 4.79 Å². The van der Waals surface area contributed by atoms with Crippen LogP contribution in [-0.2, 0) is 10.2 Å². The number of benzene rings is 1. The van der Waals surface area contributed by atoms with Crippen LogP contribution in [0, 0.1) is 6.92 Å². The molecule has 0 bridgehead atoms. The molecule has 1 aliphatic rings. The van der Waals surface area contributed by atoms with Gasteiger partial charge in [-0.2, -0.15) is 0 Å². The highest BCUT2D eigenvalue weighted by Crippen LogP contribution is 2.41. The highest BCUT2D eigenvalue weighted by atomic mass is 16.2. The maximum Gasteiger partial charge on any atom is 0.244 e. The first kappa shape index (κ1) is 11.1. The Hall–Kier alpha value is -1.35. The summed E-state index contributed by atoms with van der Waals surface area (Å²) in [5.41, 5.74) is 4.23. The number of nitrogens with two attached hydrogens (primary N) is 1. The SMILES string of the molecule is Cc1cccc(C2(C(=O)NN)CCCC2)c1. The molecule has 0 aliphatic heterocycles. The van der Waals surface area contributed by atoms with Crippen LogP contribution in [0.25, 0.3) is 0 Å². The number of nitrogens with one attached hydrogen (secondary N) is 1. The van der Waals surface area contributed by atoms with Gasteiger partial charge >= 0.3 is 0 Å². The molecule has 2 rings (SSSR count). The normalized spacial score (nSPS) is 18.4. The topological polar surface area (TPSA) is 55.1 Å². The molecule has 1 aromatic rings. The third-order valence-corrected chi connectivity index (χ3v) is 3.59. The number of carbonyl (C=O) groups is 1. The summed E-state index contributed by atoms with van der Waals surface area (Å²) < 4.78 is 0. The zero-order valence-corrected chi connectivity index (χ0v) is 9.62. The summed E-state index contributed by atoms with van der Waals surface area (Å²) in [4.78, 5) is 12.0. The lowest BCUT2D eigenvalue weighted by atomic mass is 9.77. The third kappa shape index (κ3) is 1.71. The lowest BCUT2D eigenvalue weighted by molar-refractivity contribution is -0.126. The number of hydrogen-bond acceptors (Lipinski definition) is 2. The summed E-state index contributed by atoms with van der Waals surface area (Å²) in [6.45, 7) is 2.05. The van der Waals surface area contributed by atoms with Crippen molar-refractivity contribution >= 4 is 5.91 Å². The summed E-state index contributed by atoms with van der Waals surface area (Å²) in [7, 11) is 0. The third-order valence-electron chi connectivity index (χ3n) is 3.59. The fraction of sp³-hybridized carbons (Fsp3) is 0.462. The maximum atomic E-state index is 12.0. The summed E-state index contributed by atoms with van der Waals surface area (Å²) in [6.07, 6.45) is 4.00. The predicted octanol–water partition coefficient (Wildman–Crippen LogP) is 1.80. The zero-order valence-electron chi connectivity index (χ0n) is 9.62. The van der Waals surface area contributed by atoms with Gasteiger partial charge in [0.1, 0.15) is 0 Å². The van der Waals surface area contributed by atoms with Crippen molar-refractivity contribution in [2.75, 3.05) is 0 Å². The van der Waals surface area contributed by atoms with Crippen LogP contribution < -0.4 is 11.3 Å². The molecule has 3 heteroatoms. The van der Waals surface area contributed by atoms with Crippen molar-refractivity contribution in [1.29, 1.82) is 0 Å². The quantitative estimate of drug-likeness (QED) is 0.452. The smallest absolute Gasteiger partial charge is 0.244 e. The van der Waals surface area contributed by atoms with E-state index in [9.17, 15) is 4.79 Å². The minimum atomic E-state index is -0.388. The summed E-state index contributed by atoms with van der Waals surface area (Å²) in [5.74, 6) is 5.27.